The summed E-state index contributed by atoms with van der Waals surface area (Å²) in [5, 5.41) is 8.83. The summed E-state index contributed by atoms with van der Waals surface area (Å²) in [7, 11) is 0. The molecule has 3 rings (SSSR count). The number of urea groups is 1. The SMILES string of the molecule is Cc1nc(CNC(=O)NCC2CCN(c3ccccc3)C2)cs1. The average Bonchev–Trinajstić information content (AvgIpc) is 3.21. The number of anilines is 1. The maximum absolute atomic E-state index is 11.9. The van der Waals surface area contributed by atoms with Crippen molar-refractivity contribution >= 4 is 23.1 Å². The Labute approximate surface area is 140 Å². The van der Waals surface area contributed by atoms with Crippen LogP contribution < -0.4 is 15.5 Å². The van der Waals surface area contributed by atoms with Crippen LogP contribution in [0.25, 0.3) is 0 Å². The molecule has 1 fully saturated rings. The summed E-state index contributed by atoms with van der Waals surface area (Å²) in [6, 6.07) is 10.3. The fraction of sp³-hybridized carbons (Fsp3) is 0.412. The zero-order chi connectivity index (χ0) is 16.1. The average molecular weight is 330 g/mol. The summed E-state index contributed by atoms with van der Waals surface area (Å²) in [4.78, 5) is 18.6. The van der Waals surface area contributed by atoms with Crippen LogP contribution in [0.3, 0.4) is 0 Å². The summed E-state index contributed by atoms with van der Waals surface area (Å²) in [5.41, 5.74) is 2.18. The van der Waals surface area contributed by atoms with Crippen molar-refractivity contribution in [1.82, 2.24) is 15.6 Å². The number of rotatable bonds is 5. The zero-order valence-corrected chi connectivity index (χ0v) is 14.1. The molecule has 2 amide bonds. The van der Waals surface area contributed by atoms with Gasteiger partial charge in [0.15, 0.2) is 0 Å². The van der Waals surface area contributed by atoms with Crippen molar-refractivity contribution in [3.8, 4) is 0 Å². The second-order valence-electron chi connectivity index (χ2n) is 5.86. The highest BCUT2D eigenvalue weighted by Gasteiger charge is 2.22. The van der Waals surface area contributed by atoms with Gasteiger partial charge in [0.1, 0.15) is 0 Å². The van der Waals surface area contributed by atoms with Crippen LogP contribution in [0.4, 0.5) is 10.5 Å². The molecule has 0 spiro atoms. The van der Waals surface area contributed by atoms with Gasteiger partial charge in [-0.05, 0) is 31.4 Å². The highest BCUT2D eigenvalue weighted by molar-refractivity contribution is 7.09. The first-order valence-electron chi connectivity index (χ1n) is 7.93. The van der Waals surface area contributed by atoms with Gasteiger partial charge in [-0.2, -0.15) is 0 Å². The van der Waals surface area contributed by atoms with Crippen LogP contribution in [-0.4, -0.2) is 30.6 Å². The molecule has 6 heteroatoms. The Morgan fingerprint density at radius 3 is 2.91 bits per heavy atom. The number of para-hydroxylation sites is 1. The molecular weight excluding hydrogens is 308 g/mol. The number of hydrogen-bond donors (Lipinski definition) is 2. The molecule has 2 N–H and O–H groups in total. The molecule has 1 saturated heterocycles. The predicted octanol–water partition coefficient (Wildman–Crippen LogP) is 2.78. The molecule has 1 unspecified atom stereocenters. The van der Waals surface area contributed by atoms with Crippen LogP contribution in [0.15, 0.2) is 35.7 Å². The van der Waals surface area contributed by atoms with Crippen LogP contribution in [0.2, 0.25) is 0 Å². The van der Waals surface area contributed by atoms with Crippen LogP contribution in [0.1, 0.15) is 17.1 Å². The van der Waals surface area contributed by atoms with Gasteiger partial charge < -0.3 is 15.5 Å². The van der Waals surface area contributed by atoms with E-state index in [0.717, 1.165) is 30.2 Å². The van der Waals surface area contributed by atoms with Gasteiger partial charge in [0.2, 0.25) is 0 Å². The van der Waals surface area contributed by atoms with Gasteiger partial charge in [0.05, 0.1) is 17.2 Å². The summed E-state index contributed by atoms with van der Waals surface area (Å²) >= 11 is 1.60. The molecule has 1 aliphatic rings. The predicted molar refractivity (Wildman–Crippen MR) is 93.9 cm³/mol. The Morgan fingerprint density at radius 1 is 1.35 bits per heavy atom. The summed E-state index contributed by atoms with van der Waals surface area (Å²) < 4.78 is 0. The topological polar surface area (TPSA) is 57.3 Å². The first kappa shape index (κ1) is 15.8. The lowest BCUT2D eigenvalue weighted by Gasteiger charge is -2.18. The van der Waals surface area contributed by atoms with E-state index in [9.17, 15) is 4.79 Å². The number of thiazole rings is 1. The molecule has 122 valence electrons. The molecule has 2 heterocycles. The number of amides is 2. The lowest BCUT2D eigenvalue weighted by atomic mass is 10.1. The van der Waals surface area contributed by atoms with E-state index in [-0.39, 0.29) is 6.03 Å². The monoisotopic (exact) mass is 330 g/mol. The van der Waals surface area contributed by atoms with Gasteiger partial charge in [-0.3, -0.25) is 0 Å². The van der Waals surface area contributed by atoms with Gasteiger partial charge in [0.25, 0.3) is 0 Å². The van der Waals surface area contributed by atoms with Crippen molar-refractivity contribution in [2.75, 3.05) is 24.5 Å². The van der Waals surface area contributed by atoms with E-state index < -0.39 is 0 Å². The van der Waals surface area contributed by atoms with Crippen molar-refractivity contribution in [3.63, 3.8) is 0 Å². The fourth-order valence-corrected chi connectivity index (χ4v) is 3.44. The smallest absolute Gasteiger partial charge is 0.315 e. The number of nitrogens with one attached hydrogen (secondary N) is 2. The molecule has 1 aliphatic heterocycles. The second-order valence-corrected chi connectivity index (χ2v) is 6.92. The Morgan fingerprint density at radius 2 is 2.17 bits per heavy atom. The van der Waals surface area contributed by atoms with Crippen molar-refractivity contribution in [2.24, 2.45) is 5.92 Å². The van der Waals surface area contributed by atoms with E-state index in [2.05, 4.69) is 44.8 Å². The van der Waals surface area contributed by atoms with Gasteiger partial charge >= 0.3 is 6.03 Å². The molecule has 2 aromatic rings. The first-order valence-corrected chi connectivity index (χ1v) is 8.81. The van der Waals surface area contributed by atoms with E-state index in [4.69, 9.17) is 0 Å². The molecule has 0 aliphatic carbocycles. The first-order chi connectivity index (χ1) is 11.2. The molecule has 0 bridgehead atoms. The Hall–Kier alpha value is -2.08. The van der Waals surface area contributed by atoms with Crippen LogP contribution in [0, 0.1) is 12.8 Å². The maximum atomic E-state index is 11.9. The molecule has 1 aromatic heterocycles. The van der Waals surface area contributed by atoms with E-state index in [0.29, 0.717) is 19.0 Å². The fourth-order valence-electron chi connectivity index (χ4n) is 2.83. The third kappa shape index (κ3) is 4.45. The van der Waals surface area contributed by atoms with Crippen molar-refractivity contribution in [3.05, 3.63) is 46.4 Å². The third-order valence-electron chi connectivity index (χ3n) is 4.06. The molecular formula is C17H22N4OS. The van der Waals surface area contributed by atoms with Crippen molar-refractivity contribution < 1.29 is 4.79 Å². The molecule has 1 atom stereocenters. The summed E-state index contributed by atoms with van der Waals surface area (Å²) in [5.74, 6) is 0.502. The second kappa shape index (κ2) is 7.46. The number of aryl methyl sites for hydroxylation is 1. The lowest BCUT2D eigenvalue weighted by Crippen LogP contribution is -2.38. The van der Waals surface area contributed by atoms with Crippen LogP contribution >= 0.6 is 11.3 Å². The standard InChI is InChI=1S/C17H22N4OS/c1-13-20-15(12-23-13)10-19-17(22)18-9-14-7-8-21(11-14)16-5-3-2-4-6-16/h2-6,12,14H,7-11H2,1H3,(H2,18,19,22). The Bertz CT molecular complexity index is 643. The number of carbonyl (C=O) groups is 1. The van der Waals surface area contributed by atoms with Gasteiger partial charge in [0, 0.05) is 30.7 Å². The maximum Gasteiger partial charge on any atom is 0.315 e. The zero-order valence-electron chi connectivity index (χ0n) is 13.3. The van der Waals surface area contributed by atoms with E-state index in [1.165, 1.54) is 5.69 Å². The highest BCUT2D eigenvalue weighted by atomic mass is 32.1. The van der Waals surface area contributed by atoms with Crippen molar-refractivity contribution in [2.45, 2.75) is 19.9 Å². The minimum absolute atomic E-state index is 0.117. The van der Waals surface area contributed by atoms with Crippen LogP contribution in [0.5, 0.6) is 0 Å². The largest absolute Gasteiger partial charge is 0.371 e. The molecule has 1 aromatic carbocycles. The van der Waals surface area contributed by atoms with E-state index in [1.807, 2.05) is 18.4 Å². The number of benzene rings is 1. The molecule has 5 nitrogen and oxygen atoms in total. The summed E-state index contributed by atoms with van der Waals surface area (Å²) in [6.45, 7) is 5.21. The van der Waals surface area contributed by atoms with E-state index in [1.54, 1.807) is 11.3 Å². The molecule has 0 saturated carbocycles. The Balaban J connectivity index is 1.38. The lowest BCUT2D eigenvalue weighted by molar-refractivity contribution is 0.239. The minimum atomic E-state index is -0.117. The quantitative estimate of drug-likeness (QED) is 0.886. The van der Waals surface area contributed by atoms with Crippen LogP contribution in [-0.2, 0) is 6.54 Å². The summed E-state index contributed by atoms with van der Waals surface area (Å²) in [6.07, 6.45) is 1.11. The van der Waals surface area contributed by atoms with Crippen molar-refractivity contribution in [1.29, 1.82) is 0 Å². The third-order valence-corrected chi connectivity index (χ3v) is 4.88. The van der Waals surface area contributed by atoms with E-state index >= 15 is 0 Å². The number of carbonyl (C=O) groups excluding carboxylic acids is 1. The number of hydrogen-bond acceptors (Lipinski definition) is 4. The normalized spacial score (nSPS) is 17.3. The highest BCUT2D eigenvalue weighted by Crippen LogP contribution is 2.22. The van der Waals surface area contributed by atoms with Gasteiger partial charge in [-0.25, -0.2) is 9.78 Å². The number of nitrogens with zero attached hydrogens (tertiary/aromatic N) is 2. The van der Waals surface area contributed by atoms with Gasteiger partial charge in [-0.1, -0.05) is 18.2 Å². The number of aromatic nitrogens is 1. The molecule has 23 heavy (non-hydrogen) atoms. The van der Waals surface area contributed by atoms with Gasteiger partial charge in [-0.15, -0.1) is 11.3 Å². The Kier molecular flexibility index (Phi) is 5.12. The molecule has 0 radical (unpaired) electrons. The minimum Gasteiger partial charge on any atom is -0.371 e.